The molecule has 4 rings (SSSR count). The smallest absolute Gasteiger partial charge is 0.228 e. The standard InChI is InChI=1S/C20H22N6O2S/c1-25-9-7-18(27)26(11-10-25)14-3-6-17(22-13-14)24-19-16(28-2)5-4-15(23-19)20-21-8-12-29-20/h3-6,8,12-13H,7,9-11H2,1-2H3,(H,22,23,24). The van der Waals surface area contributed by atoms with Crippen molar-refractivity contribution in [3.8, 4) is 16.5 Å². The second-order valence-electron chi connectivity index (χ2n) is 6.71. The highest BCUT2D eigenvalue weighted by Gasteiger charge is 2.20. The highest BCUT2D eigenvalue weighted by atomic mass is 32.1. The van der Waals surface area contributed by atoms with Crippen LogP contribution in [0.5, 0.6) is 5.75 Å². The average molecular weight is 411 g/mol. The molecule has 0 saturated carbocycles. The second kappa shape index (κ2) is 8.54. The van der Waals surface area contributed by atoms with Gasteiger partial charge in [-0.2, -0.15) is 0 Å². The van der Waals surface area contributed by atoms with Gasteiger partial charge in [-0.3, -0.25) is 4.79 Å². The average Bonchev–Trinajstić information content (AvgIpc) is 3.22. The molecule has 0 unspecified atom stereocenters. The minimum Gasteiger partial charge on any atom is -0.493 e. The first-order chi connectivity index (χ1) is 14.1. The van der Waals surface area contributed by atoms with Crippen molar-refractivity contribution in [1.29, 1.82) is 0 Å². The van der Waals surface area contributed by atoms with E-state index in [1.165, 1.54) is 11.3 Å². The number of thiazole rings is 1. The third-order valence-electron chi connectivity index (χ3n) is 4.75. The predicted octanol–water partition coefficient (Wildman–Crippen LogP) is 3.02. The van der Waals surface area contributed by atoms with Crippen molar-refractivity contribution in [3.05, 3.63) is 42.0 Å². The SMILES string of the molecule is COc1ccc(-c2nccs2)nc1Nc1ccc(N2CCN(C)CCC2=O)cn1. The maximum atomic E-state index is 12.4. The van der Waals surface area contributed by atoms with Crippen LogP contribution in [0.25, 0.3) is 10.7 Å². The molecule has 3 aromatic rings. The van der Waals surface area contributed by atoms with Gasteiger partial charge in [0.2, 0.25) is 5.91 Å². The zero-order valence-corrected chi connectivity index (χ0v) is 17.1. The van der Waals surface area contributed by atoms with Crippen molar-refractivity contribution in [2.45, 2.75) is 6.42 Å². The molecule has 29 heavy (non-hydrogen) atoms. The second-order valence-corrected chi connectivity index (χ2v) is 7.60. The van der Waals surface area contributed by atoms with Crippen LogP contribution in [0.1, 0.15) is 6.42 Å². The molecule has 0 aliphatic carbocycles. The third-order valence-corrected chi connectivity index (χ3v) is 5.54. The molecule has 0 radical (unpaired) electrons. The van der Waals surface area contributed by atoms with Gasteiger partial charge >= 0.3 is 0 Å². The number of amides is 1. The van der Waals surface area contributed by atoms with Gasteiger partial charge in [-0.05, 0) is 31.3 Å². The van der Waals surface area contributed by atoms with Crippen LogP contribution in [0.15, 0.2) is 42.0 Å². The van der Waals surface area contributed by atoms with E-state index in [4.69, 9.17) is 4.74 Å². The Balaban J connectivity index is 1.54. The highest BCUT2D eigenvalue weighted by Crippen LogP contribution is 2.30. The number of ether oxygens (including phenoxy) is 1. The van der Waals surface area contributed by atoms with E-state index in [1.54, 1.807) is 24.4 Å². The number of aromatic nitrogens is 3. The Morgan fingerprint density at radius 3 is 2.76 bits per heavy atom. The maximum Gasteiger partial charge on any atom is 0.228 e. The number of carbonyl (C=O) groups excluding carboxylic acids is 1. The van der Waals surface area contributed by atoms with Gasteiger partial charge in [0.1, 0.15) is 16.5 Å². The fraction of sp³-hybridized carbons (Fsp3) is 0.300. The van der Waals surface area contributed by atoms with Crippen molar-refractivity contribution < 1.29 is 9.53 Å². The Kier molecular flexibility index (Phi) is 5.68. The van der Waals surface area contributed by atoms with Crippen LogP contribution in [-0.4, -0.2) is 59.6 Å². The number of hydrogen-bond donors (Lipinski definition) is 1. The Labute approximate surface area is 173 Å². The lowest BCUT2D eigenvalue weighted by molar-refractivity contribution is -0.118. The summed E-state index contributed by atoms with van der Waals surface area (Å²) in [5.74, 6) is 1.92. The summed E-state index contributed by atoms with van der Waals surface area (Å²) in [5, 5.41) is 5.95. The molecule has 0 spiro atoms. The predicted molar refractivity (Wildman–Crippen MR) is 114 cm³/mol. The van der Waals surface area contributed by atoms with Gasteiger partial charge in [0.05, 0.1) is 19.0 Å². The van der Waals surface area contributed by atoms with Crippen molar-refractivity contribution >= 4 is 34.6 Å². The van der Waals surface area contributed by atoms with Gasteiger partial charge in [0.15, 0.2) is 11.6 Å². The van der Waals surface area contributed by atoms with Gasteiger partial charge in [0.25, 0.3) is 0 Å². The van der Waals surface area contributed by atoms with E-state index >= 15 is 0 Å². The zero-order valence-electron chi connectivity index (χ0n) is 16.3. The molecule has 0 atom stereocenters. The monoisotopic (exact) mass is 410 g/mol. The lowest BCUT2D eigenvalue weighted by atomic mass is 10.3. The lowest BCUT2D eigenvalue weighted by Crippen LogP contribution is -2.32. The molecule has 0 bridgehead atoms. The number of nitrogens with zero attached hydrogens (tertiary/aromatic N) is 5. The number of nitrogens with one attached hydrogen (secondary N) is 1. The van der Waals surface area contributed by atoms with Crippen LogP contribution in [0.4, 0.5) is 17.3 Å². The summed E-state index contributed by atoms with van der Waals surface area (Å²) in [7, 11) is 3.63. The molecule has 0 aromatic carbocycles. The molecule has 1 amide bonds. The molecule has 1 aliphatic heterocycles. The summed E-state index contributed by atoms with van der Waals surface area (Å²) in [6.07, 6.45) is 3.98. The summed E-state index contributed by atoms with van der Waals surface area (Å²) in [6, 6.07) is 7.47. The molecule has 1 aliphatic rings. The number of pyridine rings is 2. The molecule has 1 N–H and O–H groups in total. The van der Waals surface area contributed by atoms with Crippen molar-refractivity contribution in [1.82, 2.24) is 19.9 Å². The first-order valence-corrected chi connectivity index (χ1v) is 10.2. The first-order valence-electron chi connectivity index (χ1n) is 9.31. The largest absolute Gasteiger partial charge is 0.493 e. The highest BCUT2D eigenvalue weighted by molar-refractivity contribution is 7.13. The van der Waals surface area contributed by atoms with E-state index in [0.29, 0.717) is 30.4 Å². The number of anilines is 3. The minimum absolute atomic E-state index is 0.122. The molecular formula is C20H22N6O2S. The van der Waals surface area contributed by atoms with Crippen LogP contribution in [0.2, 0.25) is 0 Å². The Hall–Kier alpha value is -3.04. The van der Waals surface area contributed by atoms with Gasteiger partial charge < -0.3 is 19.9 Å². The fourth-order valence-corrected chi connectivity index (χ4v) is 3.72. The number of methoxy groups -OCH3 is 1. The number of likely N-dealkylation sites (N-methyl/N-ethyl adjacent to an activating group) is 1. The zero-order chi connectivity index (χ0) is 20.2. The van der Waals surface area contributed by atoms with Gasteiger partial charge in [-0.15, -0.1) is 11.3 Å². The number of hydrogen-bond acceptors (Lipinski definition) is 8. The van der Waals surface area contributed by atoms with Crippen molar-refractivity contribution in [2.75, 3.05) is 44.0 Å². The van der Waals surface area contributed by atoms with E-state index in [1.807, 2.05) is 36.7 Å². The lowest BCUT2D eigenvalue weighted by Gasteiger charge is -2.20. The van der Waals surface area contributed by atoms with Gasteiger partial charge in [-0.1, -0.05) is 0 Å². The quantitative estimate of drug-likeness (QED) is 0.692. The molecule has 1 saturated heterocycles. The third kappa shape index (κ3) is 4.36. The van der Waals surface area contributed by atoms with Crippen LogP contribution in [-0.2, 0) is 4.79 Å². The molecule has 4 heterocycles. The summed E-state index contributed by atoms with van der Waals surface area (Å²) in [5.41, 5.74) is 1.56. The van der Waals surface area contributed by atoms with Crippen molar-refractivity contribution in [2.24, 2.45) is 0 Å². The molecule has 3 aromatic heterocycles. The van der Waals surface area contributed by atoms with Crippen LogP contribution in [0.3, 0.4) is 0 Å². The normalized spacial score (nSPS) is 15.2. The molecule has 150 valence electrons. The van der Waals surface area contributed by atoms with E-state index in [0.717, 1.165) is 29.5 Å². The van der Waals surface area contributed by atoms with Crippen LogP contribution < -0.4 is 15.0 Å². The maximum absolute atomic E-state index is 12.4. The Morgan fingerprint density at radius 2 is 2.03 bits per heavy atom. The molecule has 9 heteroatoms. The van der Waals surface area contributed by atoms with E-state index in [9.17, 15) is 4.79 Å². The molecular weight excluding hydrogens is 388 g/mol. The minimum atomic E-state index is 0.122. The Bertz CT molecular complexity index is 977. The van der Waals surface area contributed by atoms with Crippen molar-refractivity contribution in [3.63, 3.8) is 0 Å². The summed E-state index contributed by atoms with van der Waals surface area (Å²) >= 11 is 1.53. The first kappa shape index (κ1) is 19.3. The van der Waals surface area contributed by atoms with Crippen LogP contribution >= 0.6 is 11.3 Å². The van der Waals surface area contributed by atoms with Gasteiger partial charge in [0, 0.05) is 37.6 Å². The molecule has 1 fully saturated rings. The summed E-state index contributed by atoms with van der Waals surface area (Å²) < 4.78 is 5.42. The van der Waals surface area contributed by atoms with Crippen LogP contribution in [0, 0.1) is 0 Å². The fourth-order valence-electron chi connectivity index (χ4n) is 3.11. The number of carbonyl (C=O) groups is 1. The van der Waals surface area contributed by atoms with Gasteiger partial charge in [-0.25, -0.2) is 15.0 Å². The van der Waals surface area contributed by atoms with E-state index < -0.39 is 0 Å². The summed E-state index contributed by atoms with van der Waals surface area (Å²) in [6.45, 7) is 2.29. The van der Waals surface area contributed by atoms with E-state index in [-0.39, 0.29) is 5.91 Å². The number of rotatable bonds is 5. The topological polar surface area (TPSA) is 83.5 Å². The Morgan fingerprint density at radius 1 is 1.14 bits per heavy atom. The summed E-state index contributed by atoms with van der Waals surface area (Å²) in [4.78, 5) is 29.8. The molecule has 8 nitrogen and oxygen atoms in total. The van der Waals surface area contributed by atoms with E-state index in [2.05, 4.69) is 25.2 Å².